The second-order valence-electron chi connectivity index (χ2n) is 5.71. The van der Waals surface area contributed by atoms with E-state index in [0.29, 0.717) is 30.2 Å². The van der Waals surface area contributed by atoms with Gasteiger partial charge in [-0.05, 0) is 6.07 Å². The SMILES string of the molecule is CN(CCC#N)C(=O)C1CSCN1C(=O)c1c[nH]c2ccccc12. The van der Waals surface area contributed by atoms with Crippen molar-refractivity contribution < 1.29 is 9.59 Å². The van der Waals surface area contributed by atoms with Crippen LogP contribution in [0, 0.1) is 11.3 Å². The first-order valence-corrected chi connectivity index (χ1v) is 8.85. The maximum atomic E-state index is 12.9. The third-order valence-corrected chi connectivity index (χ3v) is 5.20. The van der Waals surface area contributed by atoms with E-state index in [1.54, 1.807) is 29.9 Å². The molecular formula is C17H18N4O2S. The molecule has 1 atom stereocenters. The maximum Gasteiger partial charge on any atom is 0.257 e. The lowest BCUT2D eigenvalue weighted by molar-refractivity contribution is -0.133. The molecule has 7 heteroatoms. The van der Waals surface area contributed by atoms with Crippen molar-refractivity contribution in [1.29, 1.82) is 5.26 Å². The molecule has 1 saturated heterocycles. The Kier molecular flexibility index (Phi) is 4.76. The molecule has 1 aromatic carbocycles. The Bertz CT molecular complexity index is 810. The molecule has 0 saturated carbocycles. The van der Waals surface area contributed by atoms with Crippen molar-refractivity contribution in [2.75, 3.05) is 25.2 Å². The topological polar surface area (TPSA) is 80.2 Å². The summed E-state index contributed by atoms with van der Waals surface area (Å²) in [6, 6.07) is 9.19. The molecule has 1 aromatic heterocycles. The molecule has 0 spiro atoms. The van der Waals surface area contributed by atoms with Gasteiger partial charge in [0.2, 0.25) is 5.91 Å². The molecule has 1 unspecified atom stereocenters. The van der Waals surface area contributed by atoms with Crippen molar-refractivity contribution in [1.82, 2.24) is 14.8 Å². The first-order chi connectivity index (χ1) is 11.6. The number of likely N-dealkylation sites (N-methyl/N-ethyl adjacent to an activating group) is 1. The van der Waals surface area contributed by atoms with Crippen LogP contribution < -0.4 is 0 Å². The van der Waals surface area contributed by atoms with Crippen LogP contribution >= 0.6 is 11.8 Å². The average Bonchev–Trinajstić information content (AvgIpc) is 3.25. The number of nitriles is 1. The number of para-hydroxylation sites is 1. The van der Waals surface area contributed by atoms with Crippen molar-refractivity contribution in [3.8, 4) is 6.07 Å². The van der Waals surface area contributed by atoms with Gasteiger partial charge >= 0.3 is 0 Å². The van der Waals surface area contributed by atoms with Gasteiger partial charge < -0.3 is 14.8 Å². The van der Waals surface area contributed by atoms with Gasteiger partial charge in [0.1, 0.15) is 6.04 Å². The maximum absolute atomic E-state index is 12.9. The number of nitrogens with one attached hydrogen (secondary N) is 1. The summed E-state index contributed by atoms with van der Waals surface area (Å²) in [5, 5.41) is 9.53. The van der Waals surface area contributed by atoms with E-state index in [0.717, 1.165) is 10.9 Å². The van der Waals surface area contributed by atoms with Crippen LogP contribution in [0.15, 0.2) is 30.5 Å². The molecule has 24 heavy (non-hydrogen) atoms. The van der Waals surface area contributed by atoms with Gasteiger partial charge in [0.05, 0.1) is 23.9 Å². The number of rotatable bonds is 4. The number of hydrogen-bond donors (Lipinski definition) is 1. The number of H-pyrrole nitrogens is 1. The van der Waals surface area contributed by atoms with Gasteiger partial charge in [-0.3, -0.25) is 9.59 Å². The molecule has 2 amide bonds. The van der Waals surface area contributed by atoms with Gasteiger partial charge in [0.15, 0.2) is 0 Å². The van der Waals surface area contributed by atoms with Crippen LogP contribution in [0.4, 0.5) is 0 Å². The van der Waals surface area contributed by atoms with E-state index in [1.165, 1.54) is 4.90 Å². The normalized spacial score (nSPS) is 17.0. The van der Waals surface area contributed by atoms with Gasteiger partial charge in [-0.1, -0.05) is 18.2 Å². The molecule has 2 heterocycles. The summed E-state index contributed by atoms with van der Waals surface area (Å²) in [6.45, 7) is 0.381. The Balaban J connectivity index is 1.81. The minimum absolute atomic E-state index is 0.108. The van der Waals surface area contributed by atoms with Crippen LogP contribution in [0.1, 0.15) is 16.8 Å². The van der Waals surface area contributed by atoms with E-state index < -0.39 is 6.04 Å². The zero-order valence-corrected chi connectivity index (χ0v) is 14.2. The summed E-state index contributed by atoms with van der Waals surface area (Å²) >= 11 is 1.57. The molecule has 1 fully saturated rings. The number of aromatic nitrogens is 1. The molecule has 6 nitrogen and oxygen atoms in total. The standard InChI is InChI=1S/C17H18N4O2S/c1-20(8-4-7-18)17(23)15-10-24-11-21(15)16(22)13-9-19-14-6-3-2-5-12(13)14/h2-3,5-6,9,15,19H,4,8,10-11H2,1H3. The summed E-state index contributed by atoms with van der Waals surface area (Å²) in [7, 11) is 1.68. The smallest absolute Gasteiger partial charge is 0.257 e. The van der Waals surface area contributed by atoms with Gasteiger partial charge in [0, 0.05) is 36.4 Å². The third kappa shape index (κ3) is 2.97. The highest BCUT2D eigenvalue weighted by molar-refractivity contribution is 7.99. The predicted octanol–water partition coefficient (Wildman–Crippen LogP) is 2.06. The van der Waals surface area contributed by atoms with Gasteiger partial charge in [0.25, 0.3) is 5.91 Å². The first kappa shape index (κ1) is 16.4. The van der Waals surface area contributed by atoms with Gasteiger partial charge in [-0.2, -0.15) is 5.26 Å². The molecular weight excluding hydrogens is 324 g/mol. The van der Waals surface area contributed by atoms with Gasteiger partial charge in [-0.25, -0.2) is 0 Å². The summed E-state index contributed by atoms with van der Waals surface area (Å²) < 4.78 is 0. The van der Waals surface area contributed by atoms with E-state index in [1.807, 2.05) is 30.3 Å². The van der Waals surface area contributed by atoms with Crippen LogP contribution in [0.5, 0.6) is 0 Å². The fourth-order valence-electron chi connectivity index (χ4n) is 2.83. The molecule has 124 valence electrons. The number of nitrogens with zero attached hydrogens (tertiary/aromatic N) is 3. The van der Waals surface area contributed by atoms with Crippen molar-refractivity contribution in [3.63, 3.8) is 0 Å². The molecule has 1 aliphatic rings. The lowest BCUT2D eigenvalue weighted by Crippen LogP contribution is -2.48. The van der Waals surface area contributed by atoms with Crippen molar-refractivity contribution >= 4 is 34.5 Å². The number of amides is 2. The van der Waals surface area contributed by atoms with Crippen LogP contribution in [-0.4, -0.2) is 57.9 Å². The van der Waals surface area contributed by atoms with Crippen molar-refractivity contribution in [3.05, 3.63) is 36.0 Å². The number of carbonyl (C=O) groups is 2. The minimum Gasteiger partial charge on any atom is -0.360 e. The summed E-state index contributed by atoms with van der Waals surface area (Å²) in [5.41, 5.74) is 1.49. The highest BCUT2D eigenvalue weighted by atomic mass is 32.2. The summed E-state index contributed by atoms with van der Waals surface area (Å²) in [5.74, 6) is 0.845. The van der Waals surface area contributed by atoms with Crippen LogP contribution in [0.3, 0.4) is 0 Å². The summed E-state index contributed by atoms with van der Waals surface area (Å²) in [6.07, 6.45) is 2.00. The number of hydrogen-bond acceptors (Lipinski definition) is 4. The fourth-order valence-corrected chi connectivity index (χ4v) is 3.98. The largest absolute Gasteiger partial charge is 0.360 e. The molecule has 0 radical (unpaired) electrons. The molecule has 3 rings (SSSR count). The van der Waals surface area contributed by atoms with E-state index in [9.17, 15) is 9.59 Å². The zero-order chi connectivity index (χ0) is 17.1. The zero-order valence-electron chi connectivity index (χ0n) is 13.4. The predicted molar refractivity (Wildman–Crippen MR) is 93.4 cm³/mol. The molecule has 1 aliphatic heterocycles. The Morgan fingerprint density at radius 3 is 3.04 bits per heavy atom. The van der Waals surface area contributed by atoms with E-state index in [2.05, 4.69) is 4.98 Å². The Morgan fingerprint density at radius 1 is 1.46 bits per heavy atom. The number of aromatic amines is 1. The lowest BCUT2D eigenvalue weighted by Gasteiger charge is -2.26. The van der Waals surface area contributed by atoms with Crippen LogP contribution in [0.2, 0.25) is 0 Å². The first-order valence-electron chi connectivity index (χ1n) is 7.70. The number of thioether (sulfide) groups is 1. The fraction of sp³-hybridized carbons (Fsp3) is 0.353. The van der Waals surface area contributed by atoms with E-state index in [4.69, 9.17) is 5.26 Å². The number of fused-ring (bicyclic) bond motifs is 1. The Hall–Kier alpha value is -2.46. The van der Waals surface area contributed by atoms with Crippen LogP contribution in [0.25, 0.3) is 10.9 Å². The third-order valence-electron chi connectivity index (χ3n) is 4.18. The quantitative estimate of drug-likeness (QED) is 0.922. The Morgan fingerprint density at radius 2 is 2.25 bits per heavy atom. The highest BCUT2D eigenvalue weighted by Crippen LogP contribution is 2.27. The minimum atomic E-state index is -0.472. The monoisotopic (exact) mass is 342 g/mol. The van der Waals surface area contributed by atoms with E-state index >= 15 is 0 Å². The van der Waals surface area contributed by atoms with Crippen molar-refractivity contribution in [2.45, 2.75) is 12.5 Å². The Labute approximate surface area is 144 Å². The molecule has 2 aromatic rings. The molecule has 0 bridgehead atoms. The number of benzene rings is 1. The highest BCUT2D eigenvalue weighted by Gasteiger charge is 2.37. The van der Waals surface area contributed by atoms with Gasteiger partial charge in [-0.15, -0.1) is 11.8 Å². The second-order valence-corrected chi connectivity index (χ2v) is 6.71. The number of carbonyl (C=O) groups excluding carboxylic acids is 2. The lowest BCUT2D eigenvalue weighted by atomic mass is 10.1. The molecule has 0 aliphatic carbocycles. The van der Waals surface area contributed by atoms with Crippen molar-refractivity contribution in [2.24, 2.45) is 0 Å². The molecule has 1 N–H and O–H groups in total. The van der Waals surface area contributed by atoms with Crippen LogP contribution in [-0.2, 0) is 4.79 Å². The second kappa shape index (κ2) is 6.97. The summed E-state index contributed by atoms with van der Waals surface area (Å²) in [4.78, 5) is 31.8. The van der Waals surface area contributed by atoms with E-state index in [-0.39, 0.29) is 11.8 Å². The average molecular weight is 342 g/mol.